The lowest BCUT2D eigenvalue weighted by molar-refractivity contribution is -0.171. The SMILES string of the molecule is CC(=O)C1=C(O)C(C(C)C)[C@@]2(C)C[C@@]3(C)Cc4c(C(C)C)cc(CC(=O)Oc5ccccc5)c(O)c4C(=O)C3=C(O)[C@@]2(O)C1=O. The first-order valence-corrected chi connectivity index (χ1v) is 15.2. The van der Waals surface area contributed by atoms with Crippen LogP contribution in [0, 0.1) is 22.7 Å². The van der Waals surface area contributed by atoms with E-state index < -0.39 is 68.5 Å². The summed E-state index contributed by atoms with van der Waals surface area (Å²) < 4.78 is 5.42. The number of aromatic hydroxyl groups is 1. The molecular weight excluding hydrogens is 576 g/mol. The third-order valence-electron chi connectivity index (χ3n) is 10.1. The zero-order valence-corrected chi connectivity index (χ0v) is 26.6. The van der Waals surface area contributed by atoms with E-state index in [-0.39, 0.29) is 47.8 Å². The second-order valence-corrected chi connectivity index (χ2v) is 13.9. The largest absolute Gasteiger partial charge is 0.511 e. The zero-order valence-electron chi connectivity index (χ0n) is 26.6. The summed E-state index contributed by atoms with van der Waals surface area (Å²) in [6, 6.07) is 10.1. The number of ether oxygens (including phenoxy) is 1. The number of allylic oxidation sites excluding steroid dienone is 2. The average Bonchev–Trinajstić information content (AvgIpc) is 2.92. The van der Waals surface area contributed by atoms with E-state index >= 15 is 0 Å². The lowest BCUT2D eigenvalue weighted by atomic mass is 9.44. The molecule has 0 bridgehead atoms. The Balaban J connectivity index is 1.71. The quantitative estimate of drug-likeness (QED) is 0.184. The smallest absolute Gasteiger partial charge is 0.315 e. The fraction of sp³-hybridized carbons (Fsp3) is 0.444. The highest BCUT2D eigenvalue weighted by atomic mass is 16.5. The minimum atomic E-state index is -2.69. The maximum absolute atomic E-state index is 14.5. The molecule has 2 aromatic rings. The van der Waals surface area contributed by atoms with Crippen LogP contribution in [0.5, 0.6) is 11.5 Å². The standard InChI is InChI=1S/C36H40O9/c1-17(2)22-13-20(14-24(38)45-21-11-9-8-10-12-21)29(39)26-23(22)15-34(6)16-35(7)27(18(3)4)30(40)25(19(5)37)32(42)36(35,44)33(43)28(34)31(26)41/h8-13,17-18,27,39-40,43-44H,14-16H2,1-7H3/t27?,34-,35-,36+/m1/s1. The van der Waals surface area contributed by atoms with Gasteiger partial charge >= 0.3 is 5.97 Å². The molecule has 0 amide bonds. The van der Waals surface area contributed by atoms with Crippen LogP contribution >= 0.6 is 0 Å². The minimum absolute atomic E-state index is 0.00829. The maximum atomic E-state index is 14.5. The number of aliphatic hydroxyl groups excluding tert-OH is 2. The van der Waals surface area contributed by atoms with Crippen molar-refractivity contribution in [2.24, 2.45) is 22.7 Å². The van der Waals surface area contributed by atoms with Crippen LogP contribution in [0.4, 0.5) is 0 Å². The Hall–Kier alpha value is -4.24. The predicted molar refractivity (Wildman–Crippen MR) is 165 cm³/mol. The molecule has 0 saturated heterocycles. The number of Topliss-reactive ketones (excluding diaryl/α,β-unsaturated/α-hetero) is 3. The van der Waals surface area contributed by atoms with Crippen LogP contribution in [0.2, 0.25) is 0 Å². The first-order chi connectivity index (χ1) is 20.9. The molecule has 0 saturated carbocycles. The molecule has 4 N–H and O–H groups in total. The summed E-state index contributed by atoms with van der Waals surface area (Å²) in [5, 5.41) is 46.9. The second-order valence-electron chi connectivity index (χ2n) is 13.9. The van der Waals surface area contributed by atoms with Gasteiger partial charge in [-0.2, -0.15) is 0 Å². The Kier molecular flexibility index (Phi) is 7.64. The van der Waals surface area contributed by atoms with Gasteiger partial charge in [0.15, 0.2) is 17.2 Å². The summed E-state index contributed by atoms with van der Waals surface area (Å²) in [5.74, 6) is -6.16. The maximum Gasteiger partial charge on any atom is 0.315 e. The van der Waals surface area contributed by atoms with Crippen molar-refractivity contribution in [3.05, 3.63) is 81.3 Å². The summed E-state index contributed by atoms with van der Waals surface area (Å²) in [6.45, 7) is 11.9. The van der Waals surface area contributed by atoms with Gasteiger partial charge in [0.25, 0.3) is 0 Å². The van der Waals surface area contributed by atoms with Gasteiger partial charge in [0, 0.05) is 27.9 Å². The van der Waals surface area contributed by atoms with E-state index in [1.165, 1.54) is 0 Å². The number of esters is 1. The van der Waals surface area contributed by atoms with E-state index in [9.17, 15) is 39.6 Å². The van der Waals surface area contributed by atoms with E-state index in [0.29, 0.717) is 11.3 Å². The molecule has 4 atom stereocenters. The number of rotatable bonds is 6. The fourth-order valence-electron chi connectivity index (χ4n) is 8.35. The molecule has 2 aromatic carbocycles. The lowest BCUT2D eigenvalue weighted by Gasteiger charge is -2.59. The van der Waals surface area contributed by atoms with Crippen molar-refractivity contribution in [2.45, 2.75) is 79.2 Å². The number of hydrogen-bond donors (Lipinski definition) is 4. The van der Waals surface area contributed by atoms with Gasteiger partial charge in [-0.05, 0) is 54.9 Å². The van der Waals surface area contributed by atoms with Crippen LogP contribution in [0.15, 0.2) is 59.1 Å². The predicted octanol–water partition coefficient (Wildman–Crippen LogP) is 5.62. The van der Waals surface area contributed by atoms with Crippen molar-refractivity contribution < 1.29 is 44.3 Å². The third kappa shape index (κ3) is 4.54. The van der Waals surface area contributed by atoms with Gasteiger partial charge in [-0.3, -0.25) is 19.2 Å². The van der Waals surface area contributed by atoms with Crippen LogP contribution in [0.25, 0.3) is 0 Å². The summed E-state index contributed by atoms with van der Waals surface area (Å²) >= 11 is 0. The molecule has 45 heavy (non-hydrogen) atoms. The van der Waals surface area contributed by atoms with Crippen molar-refractivity contribution in [1.82, 2.24) is 0 Å². The summed E-state index contributed by atoms with van der Waals surface area (Å²) in [5.41, 5.74) is -4.81. The number of benzene rings is 2. The molecule has 0 aromatic heterocycles. The average molecular weight is 617 g/mol. The van der Waals surface area contributed by atoms with Gasteiger partial charge in [0.1, 0.15) is 28.6 Å². The summed E-state index contributed by atoms with van der Waals surface area (Å²) in [7, 11) is 0. The van der Waals surface area contributed by atoms with Crippen molar-refractivity contribution in [3.8, 4) is 11.5 Å². The molecule has 3 aliphatic carbocycles. The highest BCUT2D eigenvalue weighted by Crippen LogP contribution is 2.65. The Labute approximate surface area is 262 Å². The zero-order chi connectivity index (χ0) is 33.4. The molecule has 0 spiro atoms. The molecule has 0 heterocycles. The first-order valence-electron chi connectivity index (χ1n) is 15.2. The molecule has 0 fully saturated rings. The lowest BCUT2D eigenvalue weighted by Crippen LogP contribution is -2.67. The van der Waals surface area contributed by atoms with E-state index in [2.05, 4.69) is 0 Å². The van der Waals surface area contributed by atoms with E-state index in [1.807, 2.05) is 13.8 Å². The monoisotopic (exact) mass is 616 g/mol. The molecule has 5 rings (SSSR count). The van der Waals surface area contributed by atoms with Gasteiger partial charge in [-0.1, -0.05) is 65.8 Å². The number of fused-ring (bicyclic) bond motifs is 3. The summed E-state index contributed by atoms with van der Waals surface area (Å²) in [4.78, 5) is 53.8. The molecule has 9 nitrogen and oxygen atoms in total. The van der Waals surface area contributed by atoms with Crippen LogP contribution in [0.3, 0.4) is 0 Å². The number of carbonyl (C=O) groups is 4. The van der Waals surface area contributed by atoms with Gasteiger partial charge in [0.2, 0.25) is 5.78 Å². The molecule has 0 radical (unpaired) electrons. The van der Waals surface area contributed by atoms with E-state index in [4.69, 9.17) is 4.74 Å². The van der Waals surface area contributed by atoms with Gasteiger partial charge < -0.3 is 25.2 Å². The second kappa shape index (κ2) is 10.7. The molecule has 0 aliphatic heterocycles. The first kappa shape index (κ1) is 32.2. The van der Waals surface area contributed by atoms with Crippen LogP contribution in [-0.4, -0.2) is 49.3 Å². The van der Waals surface area contributed by atoms with Crippen LogP contribution in [-0.2, 0) is 27.2 Å². The van der Waals surface area contributed by atoms with E-state index in [0.717, 1.165) is 12.5 Å². The molecule has 1 unspecified atom stereocenters. The number of hydrogen-bond acceptors (Lipinski definition) is 9. The fourth-order valence-corrected chi connectivity index (χ4v) is 8.35. The molecule has 238 valence electrons. The van der Waals surface area contributed by atoms with E-state index in [1.54, 1.807) is 64.1 Å². The topological polar surface area (TPSA) is 158 Å². The van der Waals surface area contributed by atoms with Gasteiger partial charge in [0.05, 0.1) is 12.0 Å². The van der Waals surface area contributed by atoms with Crippen LogP contribution < -0.4 is 4.74 Å². The van der Waals surface area contributed by atoms with Crippen molar-refractivity contribution >= 4 is 23.3 Å². The van der Waals surface area contributed by atoms with Crippen LogP contribution in [0.1, 0.15) is 87.9 Å². The number of aliphatic hydroxyl groups is 3. The van der Waals surface area contributed by atoms with Crippen molar-refractivity contribution in [2.75, 3.05) is 0 Å². The Morgan fingerprint density at radius 2 is 1.64 bits per heavy atom. The number of phenols is 1. The molecular formula is C36H40O9. The Morgan fingerprint density at radius 3 is 2.20 bits per heavy atom. The highest BCUT2D eigenvalue weighted by Gasteiger charge is 2.71. The Morgan fingerprint density at radius 1 is 1.02 bits per heavy atom. The van der Waals surface area contributed by atoms with Crippen molar-refractivity contribution in [1.29, 1.82) is 0 Å². The minimum Gasteiger partial charge on any atom is -0.511 e. The normalized spacial score (nSPS) is 27.8. The van der Waals surface area contributed by atoms with Crippen molar-refractivity contribution in [3.63, 3.8) is 0 Å². The van der Waals surface area contributed by atoms with Gasteiger partial charge in [-0.25, -0.2) is 0 Å². The molecule has 9 heteroatoms. The number of carbonyl (C=O) groups excluding carboxylic acids is 4. The highest BCUT2D eigenvalue weighted by molar-refractivity contribution is 6.25. The van der Waals surface area contributed by atoms with Gasteiger partial charge in [-0.15, -0.1) is 0 Å². The Bertz CT molecular complexity index is 1710. The molecule has 3 aliphatic rings. The number of phenolic OH excluding ortho intramolecular Hbond substituents is 1. The summed E-state index contributed by atoms with van der Waals surface area (Å²) in [6.07, 6.45) is -0.168. The number of ketones is 3. The third-order valence-corrected chi connectivity index (χ3v) is 10.1. The number of para-hydroxylation sites is 1.